The Bertz CT molecular complexity index is 511. The van der Waals surface area contributed by atoms with Crippen LogP contribution in [0.4, 0.5) is 9.18 Å². The fourth-order valence-electron chi connectivity index (χ4n) is 1.70. The van der Waals surface area contributed by atoms with Gasteiger partial charge in [-0.2, -0.15) is 0 Å². The highest BCUT2D eigenvalue weighted by atomic mass is 19.1. The van der Waals surface area contributed by atoms with Crippen molar-refractivity contribution in [2.45, 2.75) is 32.8 Å². The van der Waals surface area contributed by atoms with Crippen molar-refractivity contribution in [2.75, 3.05) is 6.54 Å². The molecule has 0 saturated heterocycles. The number of ether oxygens (including phenoxy) is 1. The molecule has 0 aliphatic carbocycles. The van der Waals surface area contributed by atoms with Crippen LogP contribution in [0, 0.1) is 11.7 Å². The molecule has 0 heterocycles. The largest absolute Gasteiger partial charge is 0.481 e. The third-order valence-electron chi connectivity index (χ3n) is 2.67. The summed E-state index contributed by atoms with van der Waals surface area (Å²) in [4.78, 5) is 22.7. The lowest BCUT2D eigenvalue weighted by atomic mass is 9.99. The molecule has 5 nitrogen and oxygen atoms in total. The lowest BCUT2D eigenvalue weighted by Crippen LogP contribution is -2.37. The van der Waals surface area contributed by atoms with Crippen LogP contribution in [0.5, 0.6) is 0 Å². The third kappa shape index (κ3) is 6.25. The Labute approximate surface area is 123 Å². The molecule has 1 rings (SSSR count). The molecule has 0 unspecified atom stereocenters. The fraction of sp³-hybridized carbons (Fsp3) is 0.467. The second-order valence-corrected chi connectivity index (χ2v) is 5.71. The molecule has 0 aliphatic rings. The lowest BCUT2D eigenvalue weighted by Gasteiger charge is -2.21. The zero-order chi connectivity index (χ0) is 16.0. The summed E-state index contributed by atoms with van der Waals surface area (Å²) in [5.74, 6) is -2.48. The van der Waals surface area contributed by atoms with E-state index in [0.717, 1.165) is 0 Å². The number of carboxylic acid groups (broad SMARTS) is 1. The minimum absolute atomic E-state index is 0.00218. The number of carboxylic acids is 1. The number of rotatable bonds is 5. The molecule has 0 aliphatic heterocycles. The topological polar surface area (TPSA) is 75.6 Å². The van der Waals surface area contributed by atoms with Crippen LogP contribution >= 0.6 is 0 Å². The monoisotopic (exact) mass is 297 g/mol. The zero-order valence-corrected chi connectivity index (χ0v) is 12.4. The van der Waals surface area contributed by atoms with Crippen molar-refractivity contribution in [1.29, 1.82) is 0 Å². The van der Waals surface area contributed by atoms with Crippen LogP contribution in [0.2, 0.25) is 0 Å². The highest BCUT2D eigenvalue weighted by Gasteiger charge is 2.22. The van der Waals surface area contributed by atoms with Crippen molar-refractivity contribution in [3.05, 3.63) is 35.6 Å². The highest BCUT2D eigenvalue weighted by molar-refractivity contribution is 5.73. The molecule has 0 saturated carbocycles. The van der Waals surface area contributed by atoms with Crippen molar-refractivity contribution in [1.82, 2.24) is 5.32 Å². The number of nitrogens with one attached hydrogen (secondary N) is 1. The summed E-state index contributed by atoms with van der Waals surface area (Å²) in [7, 11) is 0. The van der Waals surface area contributed by atoms with Crippen LogP contribution in [0.3, 0.4) is 0 Å². The van der Waals surface area contributed by atoms with Crippen molar-refractivity contribution < 1.29 is 23.8 Å². The highest BCUT2D eigenvalue weighted by Crippen LogP contribution is 2.13. The Balaban J connectivity index is 2.61. The molecule has 1 atom stereocenters. The SMILES string of the molecule is CC(C)(C)OC(=O)NC[C@@H](Cc1ccccc1F)C(=O)O. The molecule has 1 aromatic rings. The van der Waals surface area contributed by atoms with Gasteiger partial charge in [-0.1, -0.05) is 18.2 Å². The Morgan fingerprint density at radius 1 is 1.33 bits per heavy atom. The average molecular weight is 297 g/mol. The third-order valence-corrected chi connectivity index (χ3v) is 2.67. The molecule has 6 heteroatoms. The van der Waals surface area contributed by atoms with Gasteiger partial charge in [-0.15, -0.1) is 0 Å². The predicted molar refractivity (Wildman–Crippen MR) is 75.5 cm³/mol. The number of benzene rings is 1. The van der Waals surface area contributed by atoms with E-state index in [1.807, 2.05) is 0 Å². The van der Waals surface area contributed by atoms with E-state index in [4.69, 9.17) is 9.84 Å². The normalized spacial score (nSPS) is 12.6. The second-order valence-electron chi connectivity index (χ2n) is 5.71. The molecule has 1 aromatic carbocycles. The summed E-state index contributed by atoms with van der Waals surface area (Å²) in [6.07, 6.45) is -0.695. The first kappa shape index (κ1) is 16.9. The van der Waals surface area contributed by atoms with Crippen molar-refractivity contribution in [3.63, 3.8) is 0 Å². The van der Waals surface area contributed by atoms with Gasteiger partial charge in [-0.3, -0.25) is 4.79 Å². The van der Waals surface area contributed by atoms with Gasteiger partial charge < -0.3 is 15.2 Å². The molecular weight excluding hydrogens is 277 g/mol. The Hall–Kier alpha value is -2.11. The van der Waals surface area contributed by atoms with E-state index in [9.17, 15) is 14.0 Å². The summed E-state index contributed by atoms with van der Waals surface area (Å²) in [5, 5.41) is 11.6. The smallest absolute Gasteiger partial charge is 0.407 e. The van der Waals surface area contributed by atoms with Crippen LogP contribution in [-0.4, -0.2) is 29.3 Å². The number of carbonyl (C=O) groups is 2. The van der Waals surface area contributed by atoms with Crippen molar-refractivity contribution in [3.8, 4) is 0 Å². The molecule has 116 valence electrons. The molecule has 0 spiro atoms. The maximum absolute atomic E-state index is 13.5. The fourth-order valence-corrected chi connectivity index (χ4v) is 1.70. The number of alkyl carbamates (subject to hydrolysis) is 1. The van der Waals surface area contributed by atoms with Gasteiger partial charge in [0.05, 0.1) is 5.92 Å². The number of carbonyl (C=O) groups excluding carboxylic acids is 1. The Morgan fingerprint density at radius 2 is 1.95 bits per heavy atom. The maximum Gasteiger partial charge on any atom is 0.407 e. The molecule has 1 amide bonds. The molecule has 0 aromatic heterocycles. The van der Waals surface area contributed by atoms with Gasteiger partial charge >= 0.3 is 12.1 Å². The standard InChI is InChI=1S/C15H20FNO4/c1-15(2,3)21-14(20)17-9-11(13(18)19)8-10-6-4-5-7-12(10)16/h4-7,11H,8-9H2,1-3H3,(H,17,20)(H,18,19)/t11-/m1/s1. The summed E-state index contributed by atoms with van der Waals surface area (Å²) >= 11 is 0. The molecule has 0 fully saturated rings. The van der Waals surface area contributed by atoms with E-state index in [-0.39, 0.29) is 13.0 Å². The van der Waals surface area contributed by atoms with Gasteiger partial charge in [-0.25, -0.2) is 9.18 Å². The molecule has 0 radical (unpaired) electrons. The van der Waals surface area contributed by atoms with E-state index >= 15 is 0 Å². The summed E-state index contributed by atoms with van der Waals surface area (Å²) in [6.45, 7) is 5.00. The first-order valence-electron chi connectivity index (χ1n) is 6.62. The molecule has 2 N–H and O–H groups in total. The first-order chi connectivity index (χ1) is 9.69. The Morgan fingerprint density at radius 3 is 2.48 bits per heavy atom. The van der Waals surface area contributed by atoms with Gasteiger partial charge in [0.1, 0.15) is 11.4 Å². The van der Waals surface area contributed by atoms with Crippen molar-refractivity contribution >= 4 is 12.1 Å². The number of halogens is 1. The van der Waals surface area contributed by atoms with E-state index in [1.165, 1.54) is 18.2 Å². The maximum atomic E-state index is 13.5. The minimum Gasteiger partial charge on any atom is -0.481 e. The summed E-state index contributed by atoms with van der Waals surface area (Å²) < 4.78 is 18.6. The van der Waals surface area contributed by atoms with Crippen LogP contribution in [0.1, 0.15) is 26.3 Å². The van der Waals surface area contributed by atoms with E-state index in [0.29, 0.717) is 5.56 Å². The molecule has 0 bridgehead atoms. The zero-order valence-electron chi connectivity index (χ0n) is 12.4. The quantitative estimate of drug-likeness (QED) is 0.876. The molecule has 21 heavy (non-hydrogen) atoms. The van der Waals surface area contributed by atoms with Gasteiger partial charge in [0, 0.05) is 6.54 Å². The van der Waals surface area contributed by atoms with E-state index in [2.05, 4.69) is 5.32 Å². The summed E-state index contributed by atoms with van der Waals surface area (Å²) in [5.41, 5.74) is -0.357. The molecular formula is C15H20FNO4. The number of hydrogen-bond acceptors (Lipinski definition) is 3. The van der Waals surface area contributed by atoms with Gasteiger partial charge in [0.2, 0.25) is 0 Å². The van der Waals surface area contributed by atoms with Gasteiger partial charge in [-0.05, 0) is 38.8 Å². The van der Waals surface area contributed by atoms with Gasteiger partial charge in [0.25, 0.3) is 0 Å². The number of amides is 1. The van der Waals surface area contributed by atoms with Gasteiger partial charge in [0.15, 0.2) is 0 Å². The Kier molecular flexibility index (Phi) is 5.69. The van der Waals surface area contributed by atoms with Crippen LogP contribution < -0.4 is 5.32 Å². The second kappa shape index (κ2) is 7.06. The lowest BCUT2D eigenvalue weighted by molar-refractivity contribution is -0.141. The van der Waals surface area contributed by atoms with E-state index < -0.39 is 29.4 Å². The number of hydrogen-bond donors (Lipinski definition) is 2. The minimum atomic E-state index is -1.10. The number of aliphatic carboxylic acids is 1. The first-order valence-corrected chi connectivity index (χ1v) is 6.62. The van der Waals surface area contributed by atoms with Crippen LogP contribution in [-0.2, 0) is 16.0 Å². The van der Waals surface area contributed by atoms with Crippen LogP contribution in [0.25, 0.3) is 0 Å². The van der Waals surface area contributed by atoms with Crippen molar-refractivity contribution in [2.24, 2.45) is 5.92 Å². The van der Waals surface area contributed by atoms with Crippen LogP contribution in [0.15, 0.2) is 24.3 Å². The predicted octanol–water partition coefficient (Wildman–Crippen LogP) is 2.59. The van der Waals surface area contributed by atoms with E-state index in [1.54, 1.807) is 26.8 Å². The summed E-state index contributed by atoms with van der Waals surface area (Å²) in [6, 6.07) is 5.97. The average Bonchev–Trinajstić information content (AvgIpc) is 2.34.